The van der Waals surface area contributed by atoms with Crippen molar-refractivity contribution in [2.45, 2.75) is 58.8 Å². The van der Waals surface area contributed by atoms with Crippen LogP contribution in [0.25, 0.3) is 0 Å². The first-order valence-electron chi connectivity index (χ1n) is 8.10. The van der Waals surface area contributed by atoms with Crippen LogP contribution in [0, 0.1) is 17.3 Å². The normalized spacial score (nSPS) is 33.4. The van der Waals surface area contributed by atoms with Crippen LogP contribution < -0.4 is 5.73 Å². The number of nitrogens with zero attached hydrogens (tertiary/aromatic N) is 1. The molecule has 2 rings (SSSR count). The van der Waals surface area contributed by atoms with Gasteiger partial charge in [0.15, 0.2) is 0 Å². The van der Waals surface area contributed by atoms with Crippen molar-refractivity contribution >= 4 is 5.91 Å². The Balaban J connectivity index is 1.97. The number of carbonyl (C=O) groups is 1. The summed E-state index contributed by atoms with van der Waals surface area (Å²) >= 11 is 0. The molecular formula is C16H30N2O. The third kappa shape index (κ3) is 3.13. The summed E-state index contributed by atoms with van der Waals surface area (Å²) in [5, 5.41) is 0. The molecule has 3 nitrogen and oxygen atoms in total. The average Bonchev–Trinajstić information content (AvgIpc) is 2.48. The van der Waals surface area contributed by atoms with E-state index in [1.54, 1.807) is 0 Å². The smallest absolute Gasteiger partial charge is 0.230 e. The summed E-state index contributed by atoms with van der Waals surface area (Å²) in [5.74, 6) is 1.94. The first-order chi connectivity index (χ1) is 9.11. The Bertz CT molecular complexity index is 300. The van der Waals surface area contributed by atoms with Crippen LogP contribution in [0.4, 0.5) is 0 Å². The lowest BCUT2D eigenvalue weighted by molar-refractivity contribution is -0.145. The van der Waals surface area contributed by atoms with E-state index in [1.165, 1.54) is 19.3 Å². The molecular weight excluding hydrogens is 236 g/mol. The molecule has 0 aromatic carbocycles. The van der Waals surface area contributed by atoms with E-state index in [2.05, 4.69) is 18.7 Å². The fraction of sp³-hybridized carbons (Fsp3) is 0.938. The number of hydrogen-bond donors (Lipinski definition) is 1. The largest absolute Gasteiger partial charge is 0.342 e. The van der Waals surface area contributed by atoms with E-state index < -0.39 is 0 Å². The minimum absolute atomic E-state index is 0.231. The number of likely N-dealkylation sites (tertiary alicyclic amines) is 1. The molecule has 1 saturated heterocycles. The molecule has 2 fully saturated rings. The molecule has 1 aliphatic heterocycles. The van der Waals surface area contributed by atoms with E-state index in [9.17, 15) is 4.79 Å². The van der Waals surface area contributed by atoms with Crippen molar-refractivity contribution in [3.05, 3.63) is 0 Å². The number of amides is 1. The maximum absolute atomic E-state index is 12.9. The Labute approximate surface area is 117 Å². The van der Waals surface area contributed by atoms with E-state index >= 15 is 0 Å². The molecule has 0 aromatic heterocycles. The summed E-state index contributed by atoms with van der Waals surface area (Å²) < 4.78 is 0. The lowest BCUT2D eigenvalue weighted by atomic mass is 9.69. The average molecular weight is 266 g/mol. The lowest BCUT2D eigenvalue weighted by Gasteiger charge is -2.42. The zero-order valence-electron chi connectivity index (χ0n) is 12.7. The number of nitrogens with two attached hydrogens (primary N) is 1. The van der Waals surface area contributed by atoms with Crippen LogP contribution in [0.15, 0.2) is 0 Å². The summed E-state index contributed by atoms with van der Waals surface area (Å²) in [6.45, 7) is 6.99. The Morgan fingerprint density at radius 2 is 1.79 bits per heavy atom. The Hall–Kier alpha value is -0.570. The lowest BCUT2D eigenvalue weighted by Crippen LogP contribution is -2.51. The third-order valence-electron chi connectivity index (χ3n) is 5.55. The molecule has 19 heavy (non-hydrogen) atoms. The van der Waals surface area contributed by atoms with Gasteiger partial charge in [-0.05, 0) is 50.4 Å². The molecule has 0 bridgehead atoms. The maximum atomic E-state index is 12.9. The van der Waals surface area contributed by atoms with Gasteiger partial charge in [-0.1, -0.05) is 20.3 Å². The summed E-state index contributed by atoms with van der Waals surface area (Å²) in [7, 11) is 0. The molecule has 3 heteroatoms. The molecule has 2 aliphatic rings. The van der Waals surface area contributed by atoms with E-state index in [0.29, 0.717) is 12.5 Å². The first-order valence-corrected chi connectivity index (χ1v) is 8.10. The second kappa shape index (κ2) is 6.25. The molecule has 1 saturated carbocycles. The van der Waals surface area contributed by atoms with Crippen LogP contribution in [-0.2, 0) is 4.79 Å². The van der Waals surface area contributed by atoms with Gasteiger partial charge >= 0.3 is 0 Å². The highest BCUT2D eigenvalue weighted by atomic mass is 16.2. The fourth-order valence-corrected chi connectivity index (χ4v) is 3.70. The predicted octanol–water partition coefficient (Wildman–Crippen LogP) is 2.79. The summed E-state index contributed by atoms with van der Waals surface area (Å²) in [4.78, 5) is 15.0. The molecule has 0 radical (unpaired) electrons. The topological polar surface area (TPSA) is 46.3 Å². The quantitative estimate of drug-likeness (QED) is 0.854. The van der Waals surface area contributed by atoms with Gasteiger partial charge in [-0.3, -0.25) is 4.79 Å². The van der Waals surface area contributed by atoms with Crippen LogP contribution in [0.3, 0.4) is 0 Å². The molecule has 0 atom stereocenters. The minimum Gasteiger partial charge on any atom is -0.342 e. The minimum atomic E-state index is -0.231. The Morgan fingerprint density at radius 1 is 1.21 bits per heavy atom. The monoisotopic (exact) mass is 266 g/mol. The number of carbonyl (C=O) groups excluding carboxylic acids is 1. The second-order valence-electron chi connectivity index (χ2n) is 6.81. The van der Waals surface area contributed by atoms with Crippen LogP contribution >= 0.6 is 0 Å². The number of hydrogen-bond acceptors (Lipinski definition) is 2. The highest BCUT2D eigenvalue weighted by molar-refractivity contribution is 5.83. The van der Waals surface area contributed by atoms with Gasteiger partial charge in [-0.25, -0.2) is 0 Å². The molecule has 1 heterocycles. The summed E-state index contributed by atoms with van der Waals surface area (Å²) in [6.07, 6.45) is 7.93. The van der Waals surface area contributed by atoms with Gasteiger partial charge in [0.1, 0.15) is 0 Å². The Morgan fingerprint density at radius 3 is 2.26 bits per heavy atom. The van der Waals surface area contributed by atoms with Crippen molar-refractivity contribution in [2.24, 2.45) is 23.0 Å². The molecule has 0 spiro atoms. The van der Waals surface area contributed by atoms with E-state index in [-0.39, 0.29) is 5.41 Å². The zero-order valence-corrected chi connectivity index (χ0v) is 12.7. The number of piperidine rings is 1. The van der Waals surface area contributed by atoms with E-state index in [0.717, 1.165) is 50.6 Å². The van der Waals surface area contributed by atoms with Crippen molar-refractivity contribution in [1.82, 2.24) is 4.90 Å². The fourth-order valence-electron chi connectivity index (χ4n) is 3.70. The van der Waals surface area contributed by atoms with Crippen LogP contribution in [0.5, 0.6) is 0 Å². The van der Waals surface area contributed by atoms with Crippen LogP contribution in [0.2, 0.25) is 0 Å². The second-order valence-corrected chi connectivity index (χ2v) is 6.81. The molecule has 0 aromatic rings. The highest BCUT2D eigenvalue weighted by Crippen LogP contribution is 2.40. The van der Waals surface area contributed by atoms with Crippen molar-refractivity contribution in [3.8, 4) is 0 Å². The van der Waals surface area contributed by atoms with E-state index in [1.807, 2.05) is 0 Å². The maximum Gasteiger partial charge on any atom is 0.230 e. The molecule has 1 aliphatic carbocycles. The molecule has 110 valence electrons. The van der Waals surface area contributed by atoms with Gasteiger partial charge in [-0.15, -0.1) is 0 Å². The SMILES string of the molecule is CCC1CCN(C(=O)C2(CN)CCC(C)CC2)CC1. The van der Waals surface area contributed by atoms with Crippen molar-refractivity contribution in [1.29, 1.82) is 0 Å². The predicted molar refractivity (Wildman–Crippen MR) is 78.7 cm³/mol. The molecule has 0 unspecified atom stereocenters. The molecule has 2 N–H and O–H groups in total. The number of rotatable bonds is 3. The van der Waals surface area contributed by atoms with Crippen LogP contribution in [0.1, 0.15) is 58.8 Å². The molecule has 1 amide bonds. The third-order valence-corrected chi connectivity index (χ3v) is 5.55. The van der Waals surface area contributed by atoms with Gasteiger partial charge < -0.3 is 10.6 Å². The summed E-state index contributed by atoms with van der Waals surface area (Å²) in [6, 6.07) is 0. The highest BCUT2D eigenvalue weighted by Gasteiger charge is 2.42. The van der Waals surface area contributed by atoms with Gasteiger partial charge in [-0.2, -0.15) is 0 Å². The van der Waals surface area contributed by atoms with Crippen molar-refractivity contribution in [2.75, 3.05) is 19.6 Å². The summed E-state index contributed by atoms with van der Waals surface area (Å²) in [5.41, 5.74) is 5.77. The van der Waals surface area contributed by atoms with Crippen molar-refractivity contribution < 1.29 is 4.79 Å². The van der Waals surface area contributed by atoms with Crippen molar-refractivity contribution in [3.63, 3.8) is 0 Å². The standard InChI is InChI=1S/C16H30N2O/c1-3-14-6-10-18(11-7-14)15(19)16(12-17)8-4-13(2)5-9-16/h13-14H,3-12,17H2,1-2H3. The van der Waals surface area contributed by atoms with Gasteiger partial charge in [0.25, 0.3) is 0 Å². The van der Waals surface area contributed by atoms with E-state index in [4.69, 9.17) is 5.73 Å². The Kier molecular flexibility index (Phi) is 4.88. The zero-order chi connectivity index (χ0) is 13.9. The van der Waals surface area contributed by atoms with Gasteiger partial charge in [0.2, 0.25) is 5.91 Å². The van der Waals surface area contributed by atoms with Gasteiger partial charge in [0, 0.05) is 19.6 Å². The van der Waals surface area contributed by atoms with Gasteiger partial charge in [0.05, 0.1) is 5.41 Å². The first kappa shape index (κ1) is 14.8. The van der Waals surface area contributed by atoms with Crippen LogP contribution in [-0.4, -0.2) is 30.4 Å².